The van der Waals surface area contributed by atoms with E-state index in [0.717, 1.165) is 37.0 Å². The van der Waals surface area contributed by atoms with Crippen LogP contribution in [-0.2, 0) is 11.3 Å². The fourth-order valence-electron chi connectivity index (χ4n) is 4.64. The second kappa shape index (κ2) is 11.4. The third-order valence-corrected chi connectivity index (χ3v) is 6.81. The minimum absolute atomic E-state index is 0.235. The van der Waals surface area contributed by atoms with E-state index in [0.29, 0.717) is 25.0 Å². The molecular formula is C28H36FN5O3. The summed E-state index contributed by atoms with van der Waals surface area (Å²) in [6.07, 6.45) is 1.26. The van der Waals surface area contributed by atoms with E-state index in [1.165, 1.54) is 12.1 Å². The van der Waals surface area contributed by atoms with Crippen molar-refractivity contribution >= 4 is 22.7 Å². The lowest BCUT2D eigenvalue weighted by atomic mass is 9.86. The molecule has 1 unspecified atom stereocenters. The molecule has 37 heavy (non-hydrogen) atoms. The van der Waals surface area contributed by atoms with Gasteiger partial charge >= 0.3 is 0 Å². The lowest BCUT2D eigenvalue weighted by molar-refractivity contribution is -0.125. The number of fused-ring (bicyclic) bond motifs is 1. The van der Waals surface area contributed by atoms with Crippen LogP contribution in [0.2, 0.25) is 0 Å². The summed E-state index contributed by atoms with van der Waals surface area (Å²) in [6.45, 7) is 8.89. The monoisotopic (exact) mass is 509 g/mol. The molecule has 0 aliphatic carbocycles. The number of carbonyl (C=O) groups excluding carboxylic acids is 2. The molecule has 0 saturated carbocycles. The lowest BCUT2D eigenvalue weighted by Crippen LogP contribution is -2.54. The highest BCUT2D eigenvalue weighted by molar-refractivity contribution is 6.06. The van der Waals surface area contributed by atoms with Crippen LogP contribution in [0.1, 0.15) is 49.7 Å². The molecule has 1 aromatic heterocycles. The van der Waals surface area contributed by atoms with Crippen molar-refractivity contribution in [3.63, 3.8) is 0 Å². The Balaban J connectivity index is 1.47. The molecule has 2 amide bonds. The van der Waals surface area contributed by atoms with Gasteiger partial charge in [-0.1, -0.05) is 51.1 Å². The van der Waals surface area contributed by atoms with Crippen molar-refractivity contribution in [2.45, 2.75) is 52.3 Å². The van der Waals surface area contributed by atoms with Crippen molar-refractivity contribution in [2.75, 3.05) is 26.2 Å². The highest BCUT2D eigenvalue weighted by Gasteiger charge is 2.34. The van der Waals surface area contributed by atoms with Gasteiger partial charge in [0, 0.05) is 31.6 Å². The largest absolute Gasteiger partial charge is 0.393 e. The van der Waals surface area contributed by atoms with Crippen molar-refractivity contribution < 1.29 is 19.1 Å². The van der Waals surface area contributed by atoms with Gasteiger partial charge in [0.15, 0.2) is 5.69 Å². The molecule has 2 aromatic carbocycles. The van der Waals surface area contributed by atoms with Gasteiger partial charge in [-0.2, -0.15) is 5.10 Å². The first-order chi connectivity index (χ1) is 17.6. The highest BCUT2D eigenvalue weighted by atomic mass is 19.1. The molecular weight excluding hydrogens is 473 g/mol. The molecule has 1 aliphatic heterocycles. The Hall–Kier alpha value is -3.30. The van der Waals surface area contributed by atoms with Crippen molar-refractivity contribution in [2.24, 2.45) is 5.41 Å². The van der Waals surface area contributed by atoms with Gasteiger partial charge in [0.2, 0.25) is 5.91 Å². The number of hydrogen-bond acceptors (Lipinski definition) is 5. The molecule has 9 heteroatoms. The van der Waals surface area contributed by atoms with Crippen molar-refractivity contribution in [3.8, 4) is 0 Å². The molecule has 1 aliphatic rings. The first-order valence-corrected chi connectivity index (χ1v) is 12.8. The number of halogens is 1. The van der Waals surface area contributed by atoms with Crippen LogP contribution >= 0.6 is 0 Å². The molecule has 8 nitrogen and oxygen atoms in total. The van der Waals surface area contributed by atoms with Crippen LogP contribution in [0.15, 0.2) is 48.5 Å². The lowest BCUT2D eigenvalue weighted by Gasteiger charge is -2.32. The van der Waals surface area contributed by atoms with Crippen LogP contribution in [0.3, 0.4) is 0 Å². The van der Waals surface area contributed by atoms with Crippen LogP contribution in [0.5, 0.6) is 0 Å². The highest BCUT2D eigenvalue weighted by Crippen LogP contribution is 2.23. The molecule has 0 spiro atoms. The molecule has 198 valence electrons. The zero-order valence-corrected chi connectivity index (χ0v) is 21.7. The Kier molecular flexibility index (Phi) is 8.24. The Labute approximate surface area is 216 Å². The maximum Gasteiger partial charge on any atom is 0.273 e. The summed E-state index contributed by atoms with van der Waals surface area (Å²) in [5, 5.41) is 20.8. The van der Waals surface area contributed by atoms with Gasteiger partial charge in [-0.05, 0) is 42.0 Å². The topological polar surface area (TPSA) is 99.5 Å². The summed E-state index contributed by atoms with van der Waals surface area (Å²) in [5.74, 6) is -0.975. The zero-order valence-electron chi connectivity index (χ0n) is 21.7. The van der Waals surface area contributed by atoms with Crippen LogP contribution in [0.25, 0.3) is 10.9 Å². The molecule has 4 rings (SSSR count). The molecule has 3 aromatic rings. The Morgan fingerprint density at radius 3 is 2.46 bits per heavy atom. The number of para-hydroxylation sites is 1. The molecule has 2 heterocycles. The second-order valence-corrected chi connectivity index (χ2v) is 10.8. The smallest absolute Gasteiger partial charge is 0.273 e. The summed E-state index contributed by atoms with van der Waals surface area (Å²) < 4.78 is 15.1. The van der Waals surface area contributed by atoms with Crippen molar-refractivity contribution in [1.82, 2.24) is 25.3 Å². The molecule has 1 saturated heterocycles. The summed E-state index contributed by atoms with van der Waals surface area (Å²) in [5.41, 5.74) is 1.35. The van der Waals surface area contributed by atoms with Crippen LogP contribution in [0, 0.1) is 11.2 Å². The minimum atomic E-state index is -0.760. The number of hydrogen-bond donors (Lipinski definition) is 3. The SMILES string of the molecule is CC(C)(C)C(NC(=O)c1nn(Cc2ccc(F)cc2)c2ccccc12)C(=O)NCCN1CCC(O)CC1. The standard InChI is InChI=1S/C28H36FN5O3/c1-28(2,3)25(27(37)30-14-17-33-15-12-21(35)13-16-33)31-26(36)24-22-6-4-5-7-23(22)34(32-24)18-19-8-10-20(29)11-9-19/h4-11,21,25,35H,12-18H2,1-3H3,(H,30,37)(H,31,36). The van der Waals surface area contributed by atoms with E-state index < -0.39 is 17.4 Å². The van der Waals surface area contributed by atoms with E-state index in [4.69, 9.17) is 0 Å². The van der Waals surface area contributed by atoms with E-state index in [1.807, 2.05) is 45.0 Å². The third kappa shape index (κ3) is 6.72. The predicted molar refractivity (Wildman–Crippen MR) is 141 cm³/mol. The summed E-state index contributed by atoms with van der Waals surface area (Å²) in [7, 11) is 0. The average Bonchev–Trinajstić information content (AvgIpc) is 3.23. The zero-order chi connectivity index (χ0) is 26.6. The number of nitrogens with one attached hydrogen (secondary N) is 2. The number of aliphatic hydroxyl groups excluding tert-OH is 1. The van der Waals surface area contributed by atoms with Gasteiger partial charge in [0.1, 0.15) is 11.9 Å². The fourth-order valence-corrected chi connectivity index (χ4v) is 4.64. The normalized spacial score (nSPS) is 16.0. The first-order valence-electron chi connectivity index (χ1n) is 12.8. The van der Waals surface area contributed by atoms with E-state index in [-0.39, 0.29) is 23.5 Å². The maximum atomic E-state index is 13.4. The van der Waals surface area contributed by atoms with Crippen LogP contribution in [-0.4, -0.2) is 69.9 Å². The van der Waals surface area contributed by atoms with E-state index in [1.54, 1.807) is 16.8 Å². The number of aromatic nitrogens is 2. The average molecular weight is 510 g/mol. The fraction of sp³-hybridized carbons (Fsp3) is 0.464. The predicted octanol–water partition coefficient (Wildman–Crippen LogP) is 2.94. The summed E-state index contributed by atoms with van der Waals surface area (Å²) in [6, 6.07) is 12.9. The quantitative estimate of drug-likeness (QED) is 0.434. The van der Waals surface area contributed by atoms with E-state index in [2.05, 4.69) is 20.6 Å². The van der Waals surface area contributed by atoms with Gasteiger partial charge in [-0.15, -0.1) is 0 Å². The van der Waals surface area contributed by atoms with Gasteiger partial charge < -0.3 is 20.6 Å². The van der Waals surface area contributed by atoms with Crippen LogP contribution < -0.4 is 10.6 Å². The van der Waals surface area contributed by atoms with Gasteiger partial charge in [0.25, 0.3) is 5.91 Å². The number of nitrogens with zero attached hydrogens (tertiary/aromatic N) is 3. The maximum absolute atomic E-state index is 13.4. The number of amides is 2. The number of carbonyl (C=O) groups is 2. The van der Waals surface area contributed by atoms with Crippen LogP contribution in [0.4, 0.5) is 4.39 Å². The van der Waals surface area contributed by atoms with E-state index in [9.17, 15) is 19.1 Å². The Morgan fingerprint density at radius 1 is 1.11 bits per heavy atom. The van der Waals surface area contributed by atoms with Gasteiger partial charge in [-0.3, -0.25) is 14.3 Å². The molecule has 1 fully saturated rings. The van der Waals surface area contributed by atoms with Gasteiger partial charge in [0.05, 0.1) is 18.2 Å². The second-order valence-electron chi connectivity index (χ2n) is 10.8. The third-order valence-electron chi connectivity index (χ3n) is 6.81. The van der Waals surface area contributed by atoms with Gasteiger partial charge in [-0.25, -0.2) is 4.39 Å². The number of rotatable bonds is 8. The molecule has 3 N–H and O–H groups in total. The number of benzene rings is 2. The molecule has 0 bridgehead atoms. The Bertz CT molecular complexity index is 1230. The van der Waals surface area contributed by atoms with Crippen molar-refractivity contribution in [1.29, 1.82) is 0 Å². The van der Waals surface area contributed by atoms with E-state index >= 15 is 0 Å². The Morgan fingerprint density at radius 2 is 1.78 bits per heavy atom. The first kappa shape index (κ1) is 26.8. The number of piperidine rings is 1. The van der Waals surface area contributed by atoms with Crippen molar-refractivity contribution in [3.05, 3.63) is 65.6 Å². The number of aliphatic hydroxyl groups is 1. The summed E-state index contributed by atoms with van der Waals surface area (Å²) >= 11 is 0. The number of likely N-dealkylation sites (tertiary alicyclic amines) is 1. The molecule has 1 atom stereocenters. The summed E-state index contributed by atoms with van der Waals surface area (Å²) in [4.78, 5) is 28.8. The minimum Gasteiger partial charge on any atom is -0.393 e. The molecule has 0 radical (unpaired) electrons.